The van der Waals surface area contributed by atoms with Gasteiger partial charge in [0.15, 0.2) is 6.29 Å². The van der Waals surface area contributed by atoms with Crippen molar-refractivity contribution in [2.24, 2.45) is 0 Å². The maximum Gasteiger partial charge on any atom is 0.416 e. The van der Waals surface area contributed by atoms with Gasteiger partial charge in [0.2, 0.25) is 0 Å². The van der Waals surface area contributed by atoms with Gasteiger partial charge in [0.05, 0.1) is 12.2 Å². The van der Waals surface area contributed by atoms with Crippen molar-refractivity contribution in [3.05, 3.63) is 41.5 Å². The number of benzene rings is 1. The lowest BCUT2D eigenvalue weighted by molar-refractivity contribution is -0.137. The Hall–Kier alpha value is -1.33. The van der Waals surface area contributed by atoms with Crippen molar-refractivity contribution in [2.75, 3.05) is 6.61 Å². The number of halogens is 3. The summed E-state index contributed by atoms with van der Waals surface area (Å²) in [6.07, 6.45) is -3.73. The van der Waals surface area contributed by atoms with E-state index >= 15 is 0 Å². The first-order chi connectivity index (χ1) is 7.48. The normalized spacial score (nSPS) is 21.0. The van der Waals surface area contributed by atoms with Gasteiger partial charge in [-0.1, -0.05) is 12.1 Å². The molecule has 1 unspecified atom stereocenters. The van der Waals surface area contributed by atoms with E-state index in [9.17, 15) is 18.3 Å². The van der Waals surface area contributed by atoms with E-state index in [0.29, 0.717) is 11.1 Å². The summed E-state index contributed by atoms with van der Waals surface area (Å²) in [5, 5.41) is 9.36. The number of rotatable bonds is 1. The summed E-state index contributed by atoms with van der Waals surface area (Å²) in [6, 6.07) is 4.63. The molecule has 5 heteroatoms. The average Bonchev–Trinajstić information content (AvgIpc) is 2.63. The fourth-order valence-corrected chi connectivity index (χ4v) is 1.53. The second kappa shape index (κ2) is 3.92. The van der Waals surface area contributed by atoms with E-state index < -0.39 is 18.0 Å². The van der Waals surface area contributed by atoms with Crippen molar-refractivity contribution in [3.63, 3.8) is 0 Å². The van der Waals surface area contributed by atoms with Crippen LogP contribution in [0, 0.1) is 0 Å². The lowest BCUT2D eigenvalue weighted by Gasteiger charge is -2.10. The summed E-state index contributed by atoms with van der Waals surface area (Å²) >= 11 is 0. The molecule has 0 fully saturated rings. The van der Waals surface area contributed by atoms with Crippen LogP contribution in [0.2, 0.25) is 0 Å². The lowest BCUT2D eigenvalue weighted by Crippen LogP contribution is -2.08. The van der Waals surface area contributed by atoms with Gasteiger partial charge in [-0.25, -0.2) is 0 Å². The average molecular weight is 230 g/mol. The van der Waals surface area contributed by atoms with Crippen molar-refractivity contribution in [1.82, 2.24) is 0 Å². The van der Waals surface area contributed by atoms with Gasteiger partial charge >= 0.3 is 6.18 Å². The standard InChI is InChI=1S/C11H9F3O2/c12-11(13,14)8-3-1-7(2-4-8)9-5-6-16-10(9)15/h1-5,10,15H,6H2. The lowest BCUT2D eigenvalue weighted by atomic mass is 10.0. The van der Waals surface area contributed by atoms with Crippen molar-refractivity contribution < 1.29 is 23.0 Å². The minimum absolute atomic E-state index is 0.275. The molecule has 0 saturated carbocycles. The molecule has 0 radical (unpaired) electrons. The molecule has 1 aromatic rings. The fraction of sp³-hybridized carbons (Fsp3) is 0.273. The Labute approximate surface area is 90.0 Å². The third-order valence-electron chi connectivity index (χ3n) is 2.37. The van der Waals surface area contributed by atoms with E-state index in [1.54, 1.807) is 6.08 Å². The van der Waals surface area contributed by atoms with Crippen LogP contribution in [0.25, 0.3) is 5.57 Å². The van der Waals surface area contributed by atoms with Crippen molar-refractivity contribution >= 4 is 5.57 Å². The number of hydrogen-bond acceptors (Lipinski definition) is 2. The Morgan fingerprint density at radius 2 is 1.81 bits per heavy atom. The molecule has 1 atom stereocenters. The number of aliphatic hydroxyl groups is 1. The van der Waals surface area contributed by atoms with Gasteiger partial charge in [-0.05, 0) is 23.8 Å². The van der Waals surface area contributed by atoms with Gasteiger partial charge in [-0.15, -0.1) is 0 Å². The number of hydrogen-bond donors (Lipinski definition) is 1. The van der Waals surface area contributed by atoms with Crippen molar-refractivity contribution in [3.8, 4) is 0 Å². The minimum Gasteiger partial charge on any atom is -0.364 e. The monoisotopic (exact) mass is 230 g/mol. The first kappa shape index (κ1) is 11.2. The Morgan fingerprint density at radius 1 is 1.19 bits per heavy atom. The summed E-state index contributed by atoms with van der Waals surface area (Å²) in [6.45, 7) is 0.275. The highest BCUT2D eigenvalue weighted by Gasteiger charge is 2.30. The van der Waals surface area contributed by atoms with E-state index in [2.05, 4.69) is 0 Å². The van der Waals surface area contributed by atoms with Gasteiger partial charge in [0, 0.05) is 5.57 Å². The van der Waals surface area contributed by atoms with Crippen LogP contribution in [0.4, 0.5) is 13.2 Å². The van der Waals surface area contributed by atoms with E-state index in [1.165, 1.54) is 12.1 Å². The second-order valence-electron chi connectivity index (χ2n) is 3.42. The van der Waals surface area contributed by atoms with Crippen molar-refractivity contribution in [2.45, 2.75) is 12.5 Å². The van der Waals surface area contributed by atoms with Crippen LogP contribution in [0.5, 0.6) is 0 Å². The van der Waals surface area contributed by atoms with Gasteiger partial charge in [-0.2, -0.15) is 13.2 Å². The molecule has 0 saturated heterocycles. The number of alkyl halides is 3. The zero-order valence-corrected chi connectivity index (χ0v) is 8.16. The first-order valence-electron chi connectivity index (χ1n) is 4.66. The molecule has 0 aromatic heterocycles. The zero-order valence-electron chi connectivity index (χ0n) is 8.16. The van der Waals surface area contributed by atoms with Crippen LogP contribution in [-0.4, -0.2) is 18.0 Å². The number of aliphatic hydroxyl groups excluding tert-OH is 1. The van der Waals surface area contributed by atoms with Gasteiger partial charge < -0.3 is 9.84 Å². The zero-order chi connectivity index (χ0) is 11.8. The quantitative estimate of drug-likeness (QED) is 0.802. The van der Waals surface area contributed by atoms with Crippen LogP contribution >= 0.6 is 0 Å². The van der Waals surface area contributed by atoms with Crippen LogP contribution in [-0.2, 0) is 10.9 Å². The highest BCUT2D eigenvalue weighted by Crippen LogP contribution is 2.31. The van der Waals surface area contributed by atoms with Gasteiger partial charge in [-0.3, -0.25) is 0 Å². The van der Waals surface area contributed by atoms with Crippen molar-refractivity contribution in [1.29, 1.82) is 0 Å². The molecule has 2 nitrogen and oxygen atoms in total. The van der Waals surface area contributed by atoms with E-state index in [-0.39, 0.29) is 6.61 Å². The van der Waals surface area contributed by atoms with Crippen LogP contribution in [0.15, 0.2) is 30.3 Å². The summed E-state index contributed by atoms with van der Waals surface area (Å²) in [5.41, 5.74) is 0.344. The number of ether oxygens (including phenoxy) is 1. The Balaban J connectivity index is 2.26. The molecule has 0 aliphatic carbocycles. The molecular weight excluding hydrogens is 221 g/mol. The van der Waals surface area contributed by atoms with Gasteiger partial charge in [0.25, 0.3) is 0 Å². The van der Waals surface area contributed by atoms with Crippen LogP contribution in [0.3, 0.4) is 0 Å². The van der Waals surface area contributed by atoms with E-state index in [0.717, 1.165) is 12.1 Å². The molecule has 16 heavy (non-hydrogen) atoms. The molecule has 1 heterocycles. The molecule has 0 amide bonds. The molecule has 1 aliphatic heterocycles. The highest BCUT2D eigenvalue weighted by atomic mass is 19.4. The molecule has 0 spiro atoms. The summed E-state index contributed by atoms with van der Waals surface area (Å²) in [5.74, 6) is 0. The summed E-state index contributed by atoms with van der Waals surface area (Å²) < 4.78 is 41.7. The fourth-order valence-electron chi connectivity index (χ4n) is 1.53. The largest absolute Gasteiger partial charge is 0.416 e. The molecular formula is C11H9F3O2. The Bertz CT molecular complexity index is 406. The van der Waals surface area contributed by atoms with Gasteiger partial charge in [0.1, 0.15) is 0 Å². The summed E-state index contributed by atoms with van der Waals surface area (Å²) in [7, 11) is 0. The third kappa shape index (κ3) is 2.10. The Kier molecular flexibility index (Phi) is 2.73. The maximum absolute atomic E-state index is 12.3. The molecule has 1 N–H and O–H groups in total. The minimum atomic E-state index is -4.34. The third-order valence-corrected chi connectivity index (χ3v) is 2.37. The summed E-state index contributed by atoms with van der Waals surface area (Å²) in [4.78, 5) is 0. The first-order valence-corrected chi connectivity index (χ1v) is 4.66. The smallest absolute Gasteiger partial charge is 0.364 e. The highest BCUT2D eigenvalue weighted by molar-refractivity contribution is 5.69. The topological polar surface area (TPSA) is 29.5 Å². The predicted molar refractivity (Wildman–Crippen MR) is 51.4 cm³/mol. The van der Waals surface area contributed by atoms with E-state index in [1.807, 2.05) is 0 Å². The maximum atomic E-state index is 12.3. The molecule has 86 valence electrons. The molecule has 0 bridgehead atoms. The SMILES string of the molecule is OC1OCC=C1c1ccc(C(F)(F)F)cc1. The van der Waals surface area contributed by atoms with E-state index in [4.69, 9.17) is 4.74 Å². The molecule has 1 aliphatic rings. The Morgan fingerprint density at radius 3 is 2.25 bits per heavy atom. The second-order valence-corrected chi connectivity index (χ2v) is 3.42. The molecule has 1 aromatic carbocycles. The molecule has 2 rings (SSSR count). The van der Waals surface area contributed by atoms with Crippen LogP contribution in [0.1, 0.15) is 11.1 Å². The van der Waals surface area contributed by atoms with Crippen LogP contribution < -0.4 is 0 Å². The predicted octanol–water partition coefficient (Wildman–Crippen LogP) is 2.44.